The van der Waals surface area contributed by atoms with Gasteiger partial charge < -0.3 is 39.4 Å². The zero-order valence-corrected chi connectivity index (χ0v) is 27.1. The summed E-state index contributed by atoms with van der Waals surface area (Å²) in [4.78, 5) is 24.6. The van der Waals surface area contributed by atoms with E-state index in [1.54, 1.807) is 56.3 Å². The number of amides is 2. The van der Waals surface area contributed by atoms with Gasteiger partial charge in [0.2, 0.25) is 0 Å². The van der Waals surface area contributed by atoms with Crippen LogP contribution in [0.15, 0.2) is 75.4 Å². The molecule has 0 aliphatic carbocycles. The Kier molecular flexibility index (Phi) is 11.8. The lowest BCUT2D eigenvalue weighted by Gasteiger charge is -2.28. The molecular weight excluding hydrogens is 667 g/mol. The number of urea groups is 1. The van der Waals surface area contributed by atoms with Crippen LogP contribution in [0.2, 0.25) is 0 Å². The first kappa shape index (κ1) is 34.1. The van der Waals surface area contributed by atoms with Crippen LogP contribution < -0.4 is 35.0 Å². The van der Waals surface area contributed by atoms with E-state index >= 15 is 0 Å². The number of halogens is 2. The van der Waals surface area contributed by atoms with Gasteiger partial charge in [-0.15, -0.1) is 0 Å². The van der Waals surface area contributed by atoms with Gasteiger partial charge in [-0.05, 0) is 82.9 Å². The van der Waals surface area contributed by atoms with Crippen molar-refractivity contribution in [1.82, 2.24) is 16.1 Å². The summed E-state index contributed by atoms with van der Waals surface area (Å²) in [6, 6.07) is 13.3. The summed E-state index contributed by atoms with van der Waals surface area (Å²) in [7, 11) is 2.76. The molecule has 1 aliphatic rings. The van der Waals surface area contributed by atoms with Crippen LogP contribution in [0, 0.1) is 5.82 Å². The van der Waals surface area contributed by atoms with Crippen molar-refractivity contribution >= 4 is 34.1 Å². The zero-order chi connectivity index (χ0) is 33.2. The molecule has 14 heteroatoms. The minimum atomic E-state index is -1.19. The highest BCUT2D eigenvalue weighted by molar-refractivity contribution is 9.10. The first-order chi connectivity index (χ1) is 22.1. The molecule has 0 unspecified atom stereocenters. The van der Waals surface area contributed by atoms with Gasteiger partial charge in [-0.1, -0.05) is 18.2 Å². The number of aliphatic hydroxyl groups excluding tert-OH is 1. The minimum Gasteiger partial charge on any atom is -0.493 e. The Labute approximate surface area is 273 Å². The number of methoxy groups -OCH3 is 2. The van der Waals surface area contributed by atoms with Gasteiger partial charge in [-0.3, -0.25) is 5.43 Å². The number of carbonyl (C=O) groups excluding carboxylic acids is 2. The second kappa shape index (κ2) is 16.0. The molecule has 4 N–H and O–H groups in total. The number of hydrogen-bond acceptors (Lipinski definition) is 10. The summed E-state index contributed by atoms with van der Waals surface area (Å²) < 4.78 is 41.9. The Balaban J connectivity index is 1.39. The van der Waals surface area contributed by atoms with Gasteiger partial charge >= 0.3 is 12.0 Å². The number of rotatable bonds is 14. The van der Waals surface area contributed by atoms with Gasteiger partial charge in [0.1, 0.15) is 19.0 Å². The van der Waals surface area contributed by atoms with E-state index in [2.05, 4.69) is 37.1 Å². The summed E-state index contributed by atoms with van der Waals surface area (Å²) in [6.45, 7) is 3.69. The van der Waals surface area contributed by atoms with Gasteiger partial charge in [-0.25, -0.2) is 14.0 Å². The normalized spacial score (nSPS) is 15.1. The maximum Gasteiger partial charge on any atom is 0.337 e. The fraction of sp³-hybridized carbons (Fsp3) is 0.281. The molecule has 0 saturated carbocycles. The molecule has 3 aromatic rings. The van der Waals surface area contributed by atoms with Crippen LogP contribution >= 0.6 is 15.9 Å². The fourth-order valence-electron chi connectivity index (χ4n) is 4.56. The van der Waals surface area contributed by atoms with E-state index in [9.17, 15) is 19.1 Å². The number of ether oxygens (including phenoxy) is 5. The van der Waals surface area contributed by atoms with Gasteiger partial charge in [0.15, 0.2) is 29.2 Å². The van der Waals surface area contributed by atoms with Crippen LogP contribution in [0.1, 0.15) is 36.6 Å². The van der Waals surface area contributed by atoms with Crippen molar-refractivity contribution in [2.24, 2.45) is 5.10 Å². The third-order valence-electron chi connectivity index (χ3n) is 6.63. The molecule has 1 aliphatic heterocycles. The Morgan fingerprint density at radius 3 is 2.63 bits per heavy atom. The minimum absolute atomic E-state index is 0.140. The molecule has 244 valence electrons. The van der Waals surface area contributed by atoms with Crippen LogP contribution in [0.4, 0.5) is 9.18 Å². The van der Waals surface area contributed by atoms with Crippen molar-refractivity contribution in [3.63, 3.8) is 0 Å². The predicted octanol–water partition coefficient (Wildman–Crippen LogP) is 4.70. The number of hydrogen-bond donors (Lipinski definition) is 4. The quantitative estimate of drug-likeness (QED) is 0.0813. The van der Waals surface area contributed by atoms with E-state index in [0.29, 0.717) is 56.5 Å². The van der Waals surface area contributed by atoms with Crippen molar-refractivity contribution in [3.05, 3.63) is 92.8 Å². The van der Waals surface area contributed by atoms with E-state index in [-0.39, 0.29) is 24.6 Å². The third kappa shape index (κ3) is 8.67. The average Bonchev–Trinajstić information content (AvgIpc) is 3.03. The molecule has 4 rings (SSSR count). The second-order valence-electron chi connectivity index (χ2n) is 9.87. The highest BCUT2D eigenvalue weighted by atomic mass is 79.9. The highest BCUT2D eigenvalue weighted by Crippen LogP contribution is 2.37. The topological polar surface area (TPSA) is 149 Å². The van der Waals surface area contributed by atoms with Crippen LogP contribution in [0.5, 0.6) is 23.0 Å². The van der Waals surface area contributed by atoms with E-state index in [1.165, 1.54) is 32.6 Å². The molecule has 0 aromatic heterocycles. The molecule has 1 heterocycles. The Morgan fingerprint density at radius 2 is 1.91 bits per heavy atom. The number of allylic oxidation sites excluding steroid dienone is 1. The van der Waals surface area contributed by atoms with E-state index in [0.717, 1.165) is 0 Å². The molecule has 0 bridgehead atoms. The largest absolute Gasteiger partial charge is 0.493 e. The average molecular weight is 702 g/mol. The third-order valence-corrected chi connectivity index (χ3v) is 7.22. The lowest BCUT2D eigenvalue weighted by Crippen LogP contribution is -2.45. The highest BCUT2D eigenvalue weighted by Gasteiger charge is 2.32. The number of esters is 1. The maximum atomic E-state index is 13.5. The van der Waals surface area contributed by atoms with E-state index in [4.69, 9.17) is 23.7 Å². The van der Waals surface area contributed by atoms with Crippen molar-refractivity contribution < 1.29 is 42.8 Å². The maximum absolute atomic E-state index is 13.5. The smallest absolute Gasteiger partial charge is 0.337 e. The number of benzene rings is 3. The standard InChI is InChI=1S/C32H34BrFN4O8/c1-5-44-25-14-21(29-28(31(40)43-4)18(2)36-32(41)37-29)9-10-24(25)45-17-27(39)38-35-15-20-12-23(33)30(26(13-20)42-3)46-16-19-7-6-8-22(34)11-19/h6-15,27,29,38-39H,5,16-17H2,1-4H3,(H2,36,37,41)/b35-15-/t27-,29-/m0/s1. The molecule has 2 atom stereocenters. The van der Waals surface area contributed by atoms with E-state index in [1.807, 2.05) is 0 Å². The van der Waals surface area contributed by atoms with Crippen LogP contribution in [-0.4, -0.2) is 57.0 Å². The zero-order valence-electron chi connectivity index (χ0n) is 25.6. The van der Waals surface area contributed by atoms with Crippen molar-refractivity contribution in [3.8, 4) is 23.0 Å². The molecule has 0 spiro atoms. The van der Waals surface area contributed by atoms with Gasteiger partial charge in [0.25, 0.3) is 0 Å². The number of nitrogens with one attached hydrogen (secondary N) is 3. The fourth-order valence-corrected chi connectivity index (χ4v) is 5.13. The Hall–Kier alpha value is -4.82. The molecule has 12 nitrogen and oxygen atoms in total. The van der Waals surface area contributed by atoms with Crippen LogP contribution in [-0.2, 0) is 16.1 Å². The Morgan fingerprint density at radius 1 is 1.11 bits per heavy atom. The summed E-state index contributed by atoms with van der Waals surface area (Å²) in [5.41, 5.74) is 5.11. The lowest BCUT2D eigenvalue weighted by molar-refractivity contribution is -0.136. The Bertz CT molecular complexity index is 1630. The number of nitrogens with zero attached hydrogens (tertiary/aromatic N) is 1. The van der Waals surface area contributed by atoms with Crippen LogP contribution in [0.3, 0.4) is 0 Å². The first-order valence-electron chi connectivity index (χ1n) is 14.1. The molecule has 2 amide bonds. The summed E-state index contributed by atoms with van der Waals surface area (Å²) in [6.07, 6.45) is 0.291. The molecule has 0 saturated heterocycles. The lowest BCUT2D eigenvalue weighted by atomic mass is 9.95. The molecular formula is C32H34BrFN4O8. The predicted molar refractivity (Wildman–Crippen MR) is 170 cm³/mol. The number of carbonyl (C=O) groups is 2. The summed E-state index contributed by atoms with van der Waals surface area (Å²) in [5.74, 6) is 0.617. The van der Waals surface area contributed by atoms with E-state index < -0.39 is 24.3 Å². The second-order valence-corrected chi connectivity index (χ2v) is 10.7. The number of aliphatic hydroxyl groups is 1. The summed E-state index contributed by atoms with van der Waals surface area (Å²) >= 11 is 3.48. The molecule has 0 fully saturated rings. The van der Waals surface area contributed by atoms with Crippen LogP contribution in [0.25, 0.3) is 0 Å². The van der Waals surface area contributed by atoms with Gasteiger partial charge in [0, 0.05) is 5.70 Å². The summed E-state index contributed by atoms with van der Waals surface area (Å²) in [5, 5.41) is 19.9. The SMILES string of the molecule is CCOc1cc([C@@H]2NC(=O)NC(C)=C2C(=O)OC)ccc1OC[C@H](O)N/N=C\c1cc(Br)c(OCc2cccc(F)c2)c(OC)c1. The van der Waals surface area contributed by atoms with Gasteiger partial charge in [0.05, 0.1) is 43.1 Å². The van der Waals surface area contributed by atoms with Crippen molar-refractivity contribution in [2.75, 3.05) is 27.4 Å². The first-order valence-corrected chi connectivity index (χ1v) is 14.9. The van der Waals surface area contributed by atoms with Crippen molar-refractivity contribution in [1.29, 1.82) is 0 Å². The number of hydrazone groups is 1. The molecule has 3 aromatic carbocycles. The monoisotopic (exact) mass is 700 g/mol. The van der Waals surface area contributed by atoms with Crippen molar-refractivity contribution in [2.45, 2.75) is 32.7 Å². The molecule has 46 heavy (non-hydrogen) atoms. The molecule has 0 radical (unpaired) electrons. The van der Waals surface area contributed by atoms with Gasteiger partial charge in [-0.2, -0.15) is 5.10 Å².